The van der Waals surface area contributed by atoms with Gasteiger partial charge in [0.1, 0.15) is 5.75 Å². The maximum Gasteiger partial charge on any atom is 0.340 e. The lowest BCUT2D eigenvalue weighted by Gasteiger charge is -2.08. The van der Waals surface area contributed by atoms with Crippen LogP contribution in [0, 0.1) is 0 Å². The van der Waals surface area contributed by atoms with E-state index in [-0.39, 0.29) is 5.97 Å². The first kappa shape index (κ1) is 13.4. The average Bonchev–Trinajstić information content (AvgIpc) is 2.34. The molecule has 0 fully saturated rings. The van der Waals surface area contributed by atoms with E-state index in [4.69, 9.17) is 15.2 Å². The summed E-state index contributed by atoms with van der Waals surface area (Å²) in [7, 11) is 1.55. The van der Waals surface area contributed by atoms with E-state index in [0.717, 1.165) is 19.3 Å². The van der Waals surface area contributed by atoms with Crippen LogP contribution in [0.5, 0.6) is 5.75 Å². The number of benzene rings is 1. The Morgan fingerprint density at radius 1 is 1.35 bits per heavy atom. The fourth-order valence-corrected chi connectivity index (χ4v) is 1.45. The molecule has 0 saturated heterocycles. The highest BCUT2D eigenvalue weighted by atomic mass is 16.5. The second-order valence-corrected chi connectivity index (χ2v) is 3.80. The minimum absolute atomic E-state index is 0.374. The molecule has 0 aromatic heterocycles. The van der Waals surface area contributed by atoms with Crippen LogP contribution in [0.15, 0.2) is 18.2 Å². The molecule has 0 atom stereocenters. The van der Waals surface area contributed by atoms with Gasteiger partial charge in [-0.15, -0.1) is 0 Å². The summed E-state index contributed by atoms with van der Waals surface area (Å²) in [5, 5.41) is 0. The number of carbonyl (C=O) groups is 1. The normalized spacial score (nSPS) is 10.0. The van der Waals surface area contributed by atoms with Gasteiger partial charge in [-0.2, -0.15) is 0 Å². The fraction of sp³-hybridized carbons (Fsp3) is 0.462. The molecule has 2 N–H and O–H groups in total. The third-order valence-electron chi connectivity index (χ3n) is 2.46. The first-order chi connectivity index (χ1) is 8.19. The number of esters is 1. The molecule has 0 saturated carbocycles. The molecule has 0 unspecified atom stereocenters. The molecule has 94 valence electrons. The molecule has 0 radical (unpaired) electrons. The number of hydrogen-bond acceptors (Lipinski definition) is 4. The third kappa shape index (κ3) is 3.98. The smallest absolute Gasteiger partial charge is 0.340 e. The van der Waals surface area contributed by atoms with Crippen molar-refractivity contribution < 1.29 is 14.3 Å². The quantitative estimate of drug-likeness (QED) is 0.469. The molecule has 4 heteroatoms. The standard InChI is InChI=1S/C13H19NO3/c1-3-4-5-8-17-13(15)11-7-6-10(16-2)9-12(11)14/h6-7,9H,3-5,8,14H2,1-2H3. The van der Waals surface area contributed by atoms with Gasteiger partial charge < -0.3 is 15.2 Å². The molecule has 4 nitrogen and oxygen atoms in total. The average molecular weight is 237 g/mol. The van der Waals surface area contributed by atoms with E-state index in [1.807, 2.05) is 0 Å². The number of anilines is 1. The minimum Gasteiger partial charge on any atom is -0.497 e. The molecule has 17 heavy (non-hydrogen) atoms. The van der Waals surface area contributed by atoms with Crippen LogP contribution in [-0.2, 0) is 4.74 Å². The van der Waals surface area contributed by atoms with Gasteiger partial charge in [-0.25, -0.2) is 4.79 Å². The topological polar surface area (TPSA) is 61.5 Å². The summed E-state index contributed by atoms with van der Waals surface area (Å²) in [5.41, 5.74) is 6.52. The Balaban J connectivity index is 2.57. The van der Waals surface area contributed by atoms with Crippen molar-refractivity contribution in [3.8, 4) is 5.75 Å². The number of rotatable bonds is 6. The van der Waals surface area contributed by atoms with Crippen LogP contribution in [0.1, 0.15) is 36.5 Å². The third-order valence-corrected chi connectivity index (χ3v) is 2.46. The van der Waals surface area contributed by atoms with Crippen molar-refractivity contribution in [1.29, 1.82) is 0 Å². The van der Waals surface area contributed by atoms with Gasteiger partial charge in [0.15, 0.2) is 0 Å². The van der Waals surface area contributed by atoms with E-state index in [0.29, 0.717) is 23.6 Å². The molecule has 1 aromatic carbocycles. The number of methoxy groups -OCH3 is 1. The second kappa shape index (κ2) is 6.78. The van der Waals surface area contributed by atoms with Crippen molar-refractivity contribution in [3.05, 3.63) is 23.8 Å². The molecule has 0 aliphatic rings. The lowest BCUT2D eigenvalue weighted by molar-refractivity contribution is 0.0499. The van der Waals surface area contributed by atoms with E-state index in [1.165, 1.54) is 0 Å². The van der Waals surface area contributed by atoms with Crippen molar-refractivity contribution in [1.82, 2.24) is 0 Å². The van der Waals surface area contributed by atoms with E-state index in [9.17, 15) is 4.79 Å². The first-order valence-corrected chi connectivity index (χ1v) is 5.79. The second-order valence-electron chi connectivity index (χ2n) is 3.80. The van der Waals surface area contributed by atoms with Gasteiger partial charge in [-0.3, -0.25) is 0 Å². The summed E-state index contributed by atoms with van der Waals surface area (Å²) in [6, 6.07) is 4.93. The van der Waals surface area contributed by atoms with E-state index >= 15 is 0 Å². The molecular weight excluding hydrogens is 218 g/mol. The lowest BCUT2D eigenvalue weighted by atomic mass is 10.2. The van der Waals surface area contributed by atoms with Crippen LogP contribution in [-0.4, -0.2) is 19.7 Å². The molecule has 1 rings (SSSR count). The maximum absolute atomic E-state index is 11.7. The predicted molar refractivity (Wildman–Crippen MR) is 67.2 cm³/mol. The Morgan fingerprint density at radius 3 is 2.71 bits per heavy atom. The molecule has 0 spiro atoms. The Morgan fingerprint density at radius 2 is 2.12 bits per heavy atom. The molecular formula is C13H19NO3. The number of carbonyl (C=O) groups excluding carboxylic acids is 1. The predicted octanol–water partition coefficient (Wildman–Crippen LogP) is 2.62. The van der Waals surface area contributed by atoms with Crippen molar-refractivity contribution in [2.75, 3.05) is 19.5 Å². The summed E-state index contributed by atoms with van der Waals surface area (Å²) >= 11 is 0. The molecule has 0 amide bonds. The lowest BCUT2D eigenvalue weighted by Crippen LogP contribution is -2.09. The number of hydrogen-bond donors (Lipinski definition) is 1. The Kier molecular flexibility index (Phi) is 5.33. The molecule has 0 aliphatic heterocycles. The van der Waals surface area contributed by atoms with E-state index < -0.39 is 0 Å². The Hall–Kier alpha value is -1.71. The van der Waals surface area contributed by atoms with Crippen LogP contribution >= 0.6 is 0 Å². The van der Waals surface area contributed by atoms with E-state index in [1.54, 1.807) is 25.3 Å². The van der Waals surface area contributed by atoms with E-state index in [2.05, 4.69) is 6.92 Å². The van der Waals surface area contributed by atoms with Gasteiger partial charge in [0.25, 0.3) is 0 Å². The Labute approximate surface area is 102 Å². The van der Waals surface area contributed by atoms with Crippen molar-refractivity contribution >= 4 is 11.7 Å². The van der Waals surface area contributed by atoms with Crippen molar-refractivity contribution in [2.24, 2.45) is 0 Å². The summed E-state index contributed by atoms with van der Waals surface area (Å²) in [6.07, 6.45) is 3.05. The van der Waals surface area contributed by atoms with Gasteiger partial charge in [-0.1, -0.05) is 19.8 Å². The van der Waals surface area contributed by atoms with Crippen LogP contribution in [0.4, 0.5) is 5.69 Å². The van der Waals surface area contributed by atoms with Crippen LogP contribution in [0.25, 0.3) is 0 Å². The number of unbranched alkanes of at least 4 members (excludes halogenated alkanes) is 2. The van der Waals surface area contributed by atoms with Crippen molar-refractivity contribution in [2.45, 2.75) is 26.2 Å². The van der Waals surface area contributed by atoms with Crippen LogP contribution in [0.2, 0.25) is 0 Å². The first-order valence-electron chi connectivity index (χ1n) is 5.79. The highest BCUT2D eigenvalue weighted by Crippen LogP contribution is 2.20. The number of ether oxygens (including phenoxy) is 2. The fourth-order valence-electron chi connectivity index (χ4n) is 1.45. The number of nitrogen functional groups attached to an aromatic ring is 1. The van der Waals surface area contributed by atoms with Crippen molar-refractivity contribution in [3.63, 3.8) is 0 Å². The van der Waals surface area contributed by atoms with Gasteiger partial charge in [0.2, 0.25) is 0 Å². The number of nitrogens with two attached hydrogens (primary N) is 1. The van der Waals surface area contributed by atoms with Crippen LogP contribution < -0.4 is 10.5 Å². The summed E-state index contributed by atoms with van der Waals surface area (Å²) < 4.78 is 10.1. The Bertz CT molecular complexity index is 377. The van der Waals surface area contributed by atoms with Gasteiger partial charge >= 0.3 is 5.97 Å². The zero-order chi connectivity index (χ0) is 12.7. The van der Waals surface area contributed by atoms with Gasteiger partial charge in [0.05, 0.1) is 19.3 Å². The minimum atomic E-state index is -0.374. The molecule has 0 aliphatic carbocycles. The SMILES string of the molecule is CCCCCOC(=O)c1ccc(OC)cc1N. The van der Waals surface area contributed by atoms with Gasteiger partial charge in [0, 0.05) is 11.8 Å². The summed E-state index contributed by atoms with van der Waals surface area (Å²) in [6.45, 7) is 2.54. The molecule has 0 bridgehead atoms. The van der Waals surface area contributed by atoms with Crippen LogP contribution in [0.3, 0.4) is 0 Å². The molecule has 0 heterocycles. The monoisotopic (exact) mass is 237 g/mol. The zero-order valence-electron chi connectivity index (χ0n) is 10.4. The summed E-state index contributed by atoms with van der Waals surface area (Å²) in [5.74, 6) is 0.256. The zero-order valence-corrected chi connectivity index (χ0v) is 10.4. The highest BCUT2D eigenvalue weighted by Gasteiger charge is 2.11. The largest absolute Gasteiger partial charge is 0.497 e. The maximum atomic E-state index is 11.7. The van der Waals surface area contributed by atoms with Gasteiger partial charge in [-0.05, 0) is 18.6 Å². The molecule has 1 aromatic rings. The summed E-state index contributed by atoms with van der Waals surface area (Å²) in [4.78, 5) is 11.7. The highest BCUT2D eigenvalue weighted by molar-refractivity contribution is 5.95.